The van der Waals surface area contributed by atoms with Crippen molar-refractivity contribution in [2.75, 3.05) is 0 Å². The predicted octanol–water partition coefficient (Wildman–Crippen LogP) is 3.50. The average molecular weight is 318 g/mol. The van der Waals surface area contributed by atoms with Gasteiger partial charge in [-0.15, -0.1) is 0 Å². The highest BCUT2D eigenvalue weighted by molar-refractivity contribution is 6.21. The summed E-state index contributed by atoms with van der Waals surface area (Å²) in [6.45, 7) is 0. The van der Waals surface area contributed by atoms with Gasteiger partial charge in [0.05, 0.1) is 11.0 Å². The molecule has 0 fully saturated rings. The average Bonchev–Trinajstić information content (AvgIpc) is 2.58. The highest BCUT2D eigenvalue weighted by atomic mass is 16.7. The minimum atomic E-state index is -1.20. The van der Waals surface area contributed by atoms with E-state index >= 15 is 0 Å². The molecule has 2 aliphatic carbocycles. The number of carbonyl (C=O) groups excluding carboxylic acids is 2. The van der Waals surface area contributed by atoms with Crippen LogP contribution in [0.3, 0.4) is 0 Å². The SMILES string of the molecule is O=C1C=CC(=O)C2=C1CCCC21Oc2cccc3cccc(c23)O1. The van der Waals surface area contributed by atoms with E-state index in [1.807, 2.05) is 36.4 Å². The van der Waals surface area contributed by atoms with Gasteiger partial charge < -0.3 is 9.47 Å². The molecule has 1 aliphatic heterocycles. The number of carbonyl (C=O) groups is 2. The first kappa shape index (κ1) is 13.5. The van der Waals surface area contributed by atoms with Crippen LogP contribution in [0.25, 0.3) is 10.8 Å². The van der Waals surface area contributed by atoms with Crippen LogP contribution in [0.15, 0.2) is 59.7 Å². The Hall–Kier alpha value is -2.88. The van der Waals surface area contributed by atoms with E-state index in [0.717, 1.165) is 17.2 Å². The van der Waals surface area contributed by atoms with Gasteiger partial charge in [0, 0.05) is 12.0 Å². The van der Waals surface area contributed by atoms with E-state index in [0.29, 0.717) is 35.5 Å². The van der Waals surface area contributed by atoms with Gasteiger partial charge >= 0.3 is 0 Å². The zero-order valence-corrected chi connectivity index (χ0v) is 12.9. The van der Waals surface area contributed by atoms with Crippen LogP contribution in [-0.2, 0) is 9.59 Å². The van der Waals surface area contributed by atoms with Crippen LogP contribution in [0.2, 0.25) is 0 Å². The molecule has 4 nitrogen and oxygen atoms in total. The second kappa shape index (κ2) is 4.57. The van der Waals surface area contributed by atoms with Crippen molar-refractivity contribution in [1.29, 1.82) is 0 Å². The number of hydrogen-bond donors (Lipinski definition) is 0. The van der Waals surface area contributed by atoms with Crippen molar-refractivity contribution in [2.45, 2.75) is 25.0 Å². The second-order valence-corrected chi connectivity index (χ2v) is 6.34. The molecule has 2 aromatic carbocycles. The Morgan fingerprint density at radius 2 is 1.54 bits per heavy atom. The number of allylic oxidation sites excluding steroid dienone is 3. The molecule has 2 aromatic rings. The van der Waals surface area contributed by atoms with Crippen LogP contribution in [0.4, 0.5) is 0 Å². The lowest BCUT2D eigenvalue weighted by Crippen LogP contribution is -2.51. The van der Waals surface area contributed by atoms with Crippen LogP contribution in [0.5, 0.6) is 11.5 Å². The monoisotopic (exact) mass is 318 g/mol. The molecule has 4 heteroatoms. The van der Waals surface area contributed by atoms with E-state index < -0.39 is 5.79 Å². The maximum Gasteiger partial charge on any atom is 0.282 e. The molecule has 0 saturated carbocycles. The van der Waals surface area contributed by atoms with E-state index in [4.69, 9.17) is 9.47 Å². The normalized spacial score (nSPS) is 20.8. The molecule has 118 valence electrons. The van der Waals surface area contributed by atoms with Crippen molar-refractivity contribution in [2.24, 2.45) is 0 Å². The van der Waals surface area contributed by atoms with Crippen molar-refractivity contribution in [3.63, 3.8) is 0 Å². The molecular formula is C20H14O4. The molecular weight excluding hydrogens is 304 g/mol. The molecule has 0 N–H and O–H groups in total. The van der Waals surface area contributed by atoms with Gasteiger partial charge in [0.1, 0.15) is 11.5 Å². The maximum absolute atomic E-state index is 12.5. The van der Waals surface area contributed by atoms with Gasteiger partial charge in [-0.1, -0.05) is 24.3 Å². The lowest BCUT2D eigenvalue weighted by Gasteiger charge is -2.42. The molecule has 1 heterocycles. The fraction of sp³-hybridized carbons (Fsp3) is 0.200. The fourth-order valence-corrected chi connectivity index (χ4v) is 3.92. The van der Waals surface area contributed by atoms with Gasteiger partial charge in [0.2, 0.25) is 0 Å². The molecule has 0 atom stereocenters. The molecule has 0 radical (unpaired) electrons. The van der Waals surface area contributed by atoms with Gasteiger partial charge in [0.25, 0.3) is 5.79 Å². The summed E-state index contributed by atoms with van der Waals surface area (Å²) in [5.74, 6) is -0.132. The second-order valence-electron chi connectivity index (χ2n) is 6.34. The largest absolute Gasteiger partial charge is 0.447 e. The zero-order chi connectivity index (χ0) is 16.3. The van der Waals surface area contributed by atoms with Crippen LogP contribution in [0.1, 0.15) is 19.3 Å². The first-order valence-electron chi connectivity index (χ1n) is 8.08. The summed E-state index contributed by atoms with van der Waals surface area (Å²) < 4.78 is 12.5. The van der Waals surface area contributed by atoms with E-state index in [2.05, 4.69) is 0 Å². The first-order valence-corrected chi connectivity index (χ1v) is 8.08. The van der Waals surface area contributed by atoms with Crippen molar-refractivity contribution in [3.8, 4) is 11.5 Å². The molecule has 5 rings (SSSR count). The van der Waals surface area contributed by atoms with Gasteiger partial charge in [0.15, 0.2) is 11.6 Å². The maximum atomic E-state index is 12.5. The Kier molecular flexibility index (Phi) is 2.58. The van der Waals surface area contributed by atoms with Crippen LogP contribution in [-0.4, -0.2) is 17.4 Å². The predicted molar refractivity (Wildman–Crippen MR) is 88.0 cm³/mol. The molecule has 0 unspecified atom stereocenters. The Morgan fingerprint density at radius 3 is 2.25 bits per heavy atom. The summed E-state index contributed by atoms with van der Waals surface area (Å²) in [6.07, 6.45) is 4.54. The summed E-state index contributed by atoms with van der Waals surface area (Å²) in [6, 6.07) is 11.6. The minimum absolute atomic E-state index is 0.118. The number of benzene rings is 2. The molecule has 0 aromatic heterocycles. The van der Waals surface area contributed by atoms with Crippen LogP contribution >= 0.6 is 0 Å². The van der Waals surface area contributed by atoms with E-state index in [9.17, 15) is 9.59 Å². The number of rotatable bonds is 0. The number of ketones is 2. The number of ether oxygens (including phenoxy) is 2. The van der Waals surface area contributed by atoms with Crippen molar-refractivity contribution in [1.82, 2.24) is 0 Å². The third-order valence-electron chi connectivity index (χ3n) is 4.92. The zero-order valence-electron chi connectivity index (χ0n) is 12.9. The molecule has 0 amide bonds. The highest BCUT2D eigenvalue weighted by Crippen LogP contribution is 2.48. The third kappa shape index (κ3) is 1.68. The van der Waals surface area contributed by atoms with Gasteiger partial charge in [-0.05, 0) is 42.5 Å². The lowest BCUT2D eigenvalue weighted by atomic mass is 9.79. The minimum Gasteiger partial charge on any atom is -0.447 e. The quantitative estimate of drug-likeness (QED) is 0.698. The van der Waals surface area contributed by atoms with Crippen LogP contribution < -0.4 is 9.47 Å². The Labute approximate surface area is 138 Å². The first-order chi connectivity index (χ1) is 11.7. The van der Waals surface area contributed by atoms with Crippen molar-refractivity contribution in [3.05, 3.63) is 59.7 Å². The van der Waals surface area contributed by atoms with Gasteiger partial charge in [-0.3, -0.25) is 9.59 Å². The molecule has 0 bridgehead atoms. The van der Waals surface area contributed by atoms with E-state index in [1.54, 1.807) is 0 Å². The standard InChI is InChI=1S/C20H14O4/c21-14-9-10-15(22)19-13(14)6-3-11-20(19)23-16-7-1-4-12-5-2-8-17(24-20)18(12)16/h1-2,4-5,7-10H,3,6,11H2. The van der Waals surface area contributed by atoms with Crippen molar-refractivity contribution >= 4 is 22.3 Å². The summed E-state index contributed by atoms with van der Waals surface area (Å²) in [5.41, 5.74) is 0.896. The molecule has 1 spiro atoms. The highest BCUT2D eigenvalue weighted by Gasteiger charge is 2.50. The van der Waals surface area contributed by atoms with E-state index in [1.165, 1.54) is 12.2 Å². The fourth-order valence-electron chi connectivity index (χ4n) is 3.92. The summed E-state index contributed by atoms with van der Waals surface area (Å²) >= 11 is 0. The summed E-state index contributed by atoms with van der Waals surface area (Å²) in [5, 5.41) is 1.93. The Morgan fingerprint density at radius 1 is 0.875 bits per heavy atom. The molecule has 3 aliphatic rings. The Balaban J connectivity index is 1.74. The van der Waals surface area contributed by atoms with Crippen LogP contribution in [0, 0.1) is 0 Å². The smallest absolute Gasteiger partial charge is 0.282 e. The van der Waals surface area contributed by atoms with E-state index in [-0.39, 0.29) is 11.6 Å². The third-order valence-corrected chi connectivity index (χ3v) is 4.92. The van der Waals surface area contributed by atoms with Gasteiger partial charge in [-0.25, -0.2) is 0 Å². The number of hydrogen-bond acceptors (Lipinski definition) is 4. The Bertz CT molecular complexity index is 940. The van der Waals surface area contributed by atoms with Gasteiger partial charge in [-0.2, -0.15) is 0 Å². The topological polar surface area (TPSA) is 52.6 Å². The molecule has 24 heavy (non-hydrogen) atoms. The summed E-state index contributed by atoms with van der Waals surface area (Å²) in [4.78, 5) is 24.8. The lowest BCUT2D eigenvalue weighted by molar-refractivity contribution is -0.129. The molecule has 0 saturated heterocycles. The van der Waals surface area contributed by atoms with Crippen molar-refractivity contribution < 1.29 is 19.1 Å². The number of fused-ring (bicyclic) bond motifs is 1. The summed E-state index contributed by atoms with van der Waals surface area (Å²) in [7, 11) is 0.